The predicted molar refractivity (Wildman–Crippen MR) is 135 cm³/mol. The van der Waals surface area contributed by atoms with Gasteiger partial charge in [-0.15, -0.1) is 33.7 Å². The summed E-state index contributed by atoms with van der Waals surface area (Å²) < 4.78 is 2.18. The predicted octanol–water partition coefficient (Wildman–Crippen LogP) is 3.98. The zero-order valence-corrected chi connectivity index (χ0v) is 20.4. The fourth-order valence-electron chi connectivity index (χ4n) is 3.17. The number of hydrogen-bond acceptors (Lipinski definition) is 10. The van der Waals surface area contributed by atoms with E-state index in [4.69, 9.17) is 0 Å². The fraction of sp³-hybridized carbons (Fsp3) is 0.450. The largest absolute Gasteiger partial charge is 0.355 e. The van der Waals surface area contributed by atoms with Gasteiger partial charge in [0.2, 0.25) is 17.8 Å². The SMILES string of the molecule is CCNc1nc(NCC)n2c(SCC(=O)Nc3cccc(C4SCCCS4)c3)nnc2n1. The van der Waals surface area contributed by atoms with E-state index in [0.29, 0.717) is 40.5 Å². The molecule has 2 aromatic heterocycles. The van der Waals surface area contributed by atoms with Crippen molar-refractivity contribution in [3.05, 3.63) is 29.8 Å². The monoisotopic (exact) mass is 490 g/mol. The summed E-state index contributed by atoms with van der Waals surface area (Å²) in [6.45, 7) is 5.36. The average molecular weight is 491 g/mol. The molecule has 3 N–H and O–H groups in total. The molecule has 0 saturated carbocycles. The van der Waals surface area contributed by atoms with Gasteiger partial charge in [-0.3, -0.25) is 4.79 Å². The standard InChI is InChI=1S/C20H26N8OS3/c1-3-21-17-24-18(22-4-2)28-19(25-17)26-27-20(28)32-12-15(29)23-14-8-5-7-13(11-14)16-30-9-6-10-31-16/h5,7-8,11,16H,3-4,6,9-10,12H2,1-2H3,(H,23,29)(H2,21,22,24,25,26). The van der Waals surface area contributed by atoms with Crippen molar-refractivity contribution in [3.8, 4) is 0 Å². The molecule has 32 heavy (non-hydrogen) atoms. The first kappa shape index (κ1) is 23.0. The molecule has 1 amide bonds. The van der Waals surface area contributed by atoms with Crippen LogP contribution in [0.3, 0.4) is 0 Å². The Morgan fingerprint density at radius 3 is 2.75 bits per heavy atom. The summed E-state index contributed by atoms with van der Waals surface area (Å²) >= 11 is 5.24. The van der Waals surface area contributed by atoms with Crippen molar-refractivity contribution < 1.29 is 4.79 Å². The van der Waals surface area contributed by atoms with E-state index in [9.17, 15) is 4.79 Å². The Hall–Kier alpha value is -2.18. The van der Waals surface area contributed by atoms with Crippen LogP contribution in [0.25, 0.3) is 5.78 Å². The second kappa shape index (κ2) is 11.1. The molecular weight excluding hydrogens is 464 g/mol. The molecule has 12 heteroatoms. The minimum absolute atomic E-state index is 0.0944. The number of nitrogens with one attached hydrogen (secondary N) is 3. The summed E-state index contributed by atoms with van der Waals surface area (Å²) in [4.78, 5) is 21.5. The quantitative estimate of drug-likeness (QED) is 0.381. The number of carbonyl (C=O) groups excluding carboxylic acids is 1. The minimum atomic E-state index is -0.0944. The number of carbonyl (C=O) groups is 1. The zero-order chi connectivity index (χ0) is 22.3. The minimum Gasteiger partial charge on any atom is -0.355 e. The second-order valence-electron chi connectivity index (χ2n) is 6.94. The third-order valence-electron chi connectivity index (χ3n) is 4.52. The van der Waals surface area contributed by atoms with E-state index in [0.717, 1.165) is 5.69 Å². The molecule has 170 valence electrons. The van der Waals surface area contributed by atoms with Crippen molar-refractivity contribution in [2.24, 2.45) is 0 Å². The van der Waals surface area contributed by atoms with Crippen molar-refractivity contribution in [2.75, 3.05) is 46.3 Å². The van der Waals surface area contributed by atoms with Crippen molar-refractivity contribution in [1.82, 2.24) is 24.6 Å². The van der Waals surface area contributed by atoms with E-state index in [2.05, 4.69) is 48.2 Å². The highest BCUT2D eigenvalue weighted by molar-refractivity contribution is 8.16. The molecular formula is C20H26N8OS3. The zero-order valence-electron chi connectivity index (χ0n) is 18.0. The summed E-state index contributed by atoms with van der Waals surface area (Å²) in [6.07, 6.45) is 1.26. The molecule has 0 atom stereocenters. The number of fused-ring (bicyclic) bond motifs is 1. The van der Waals surface area contributed by atoms with E-state index in [1.165, 1.54) is 35.3 Å². The van der Waals surface area contributed by atoms with Crippen LogP contribution in [0.2, 0.25) is 0 Å². The second-order valence-corrected chi connectivity index (χ2v) is 10.6. The van der Waals surface area contributed by atoms with Gasteiger partial charge in [0, 0.05) is 18.8 Å². The van der Waals surface area contributed by atoms with Crippen LogP contribution in [-0.2, 0) is 4.79 Å². The summed E-state index contributed by atoms with van der Waals surface area (Å²) in [5, 5.41) is 18.3. The van der Waals surface area contributed by atoms with E-state index < -0.39 is 0 Å². The molecule has 9 nitrogen and oxygen atoms in total. The molecule has 0 spiro atoms. The highest BCUT2D eigenvalue weighted by Gasteiger charge is 2.18. The van der Waals surface area contributed by atoms with Crippen LogP contribution in [0.4, 0.5) is 17.6 Å². The lowest BCUT2D eigenvalue weighted by molar-refractivity contribution is -0.113. The topological polar surface area (TPSA) is 109 Å². The van der Waals surface area contributed by atoms with Crippen molar-refractivity contribution in [3.63, 3.8) is 0 Å². The molecule has 0 unspecified atom stereocenters. The number of benzene rings is 1. The van der Waals surface area contributed by atoms with Gasteiger partial charge in [0.1, 0.15) is 0 Å². The number of thioether (sulfide) groups is 3. The van der Waals surface area contributed by atoms with E-state index in [1.807, 2.05) is 49.5 Å². The lowest BCUT2D eigenvalue weighted by Gasteiger charge is -2.21. The maximum Gasteiger partial charge on any atom is 0.261 e. The van der Waals surface area contributed by atoms with Crippen LogP contribution in [0, 0.1) is 0 Å². The summed E-state index contributed by atoms with van der Waals surface area (Å²) in [7, 11) is 0. The van der Waals surface area contributed by atoms with Gasteiger partial charge in [0.25, 0.3) is 5.78 Å². The smallest absolute Gasteiger partial charge is 0.261 e. The number of nitrogens with zero attached hydrogens (tertiary/aromatic N) is 5. The lowest BCUT2D eigenvalue weighted by atomic mass is 10.2. The first-order valence-corrected chi connectivity index (χ1v) is 13.6. The normalized spacial score (nSPS) is 14.4. The van der Waals surface area contributed by atoms with Gasteiger partial charge in [-0.25, -0.2) is 4.40 Å². The number of hydrogen-bond donors (Lipinski definition) is 3. The molecule has 3 heterocycles. The Morgan fingerprint density at radius 2 is 1.97 bits per heavy atom. The van der Waals surface area contributed by atoms with Crippen LogP contribution in [0.15, 0.2) is 29.4 Å². The molecule has 0 bridgehead atoms. The van der Waals surface area contributed by atoms with Crippen LogP contribution in [-0.4, -0.2) is 60.8 Å². The van der Waals surface area contributed by atoms with Gasteiger partial charge in [-0.2, -0.15) is 9.97 Å². The van der Waals surface area contributed by atoms with Gasteiger partial charge in [0.05, 0.1) is 10.3 Å². The molecule has 1 fully saturated rings. The maximum atomic E-state index is 12.6. The Kier molecular flexibility index (Phi) is 7.98. The molecule has 1 aromatic carbocycles. The van der Waals surface area contributed by atoms with Gasteiger partial charge >= 0.3 is 0 Å². The van der Waals surface area contributed by atoms with Gasteiger partial charge in [-0.1, -0.05) is 23.9 Å². The van der Waals surface area contributed by atoms with Crippen molar-refractivity contribution in [1.29, 1.82) is 0 Å². The van der Waals surface area contributed by atoms with Crippen LogP contribution in [0.1, 0.15) is 30.4 Å². The van der Waals surface area contributed by atoms with E-state index in [1.54, 1.807) is 4.40 Å². The van der Waals surface area contributed by atoms with Gasteiger partial charge in [-0.05, 0) is 49.5 Å². The van der Waals surface area contributed by atoms with Crippen molar-refractivity contribution in [2.45, 2.75) is 30.0 Å². The lowest BCUT2D eigenvalue weighted by Crippen LogP contribution is -2.15. The van der Waals surface area contributed by atoms with E-state index in [-0.39, 0.29) is 11.7 Å². The Labute approximate surface area is 199 Å². The van der Waals surface area contributed by atoms with E-state index >= 15 is 0 Å². The molecule has 1 aliphatic heterocycles. The molecule has 0 radical (unpaired) electrons. The summed E-state index contributed by atoms with van der Waals surface area (Å²) in [5.41, 5.74) is 2.07. The first-order valence-electron chi connectivity index (χ1n) is 10.5. The van der Waals surface area contributed by atoms with Gasteiger partial charge in [0.15, 0.2) is 5.16 Å². The number of rotatable bonds is 9. The van der Waals surface area contributed by atoms with Crippen LogP contribution >= 0.6 is 35.3 Å². The number of aromatic nitrogens is 5. The van der Waals surface area contributed by atoms with Crippen LogP contribution in [0.5, 0.6) is 0 Å². The highest BCUT2D eigenvalue weighted by Crippen LogP contribution is 2.44. The Balaban J connectivity index is 1.43. The Bertz CT molecular complexity index is 1070. The average Bonchev–Trinajstić information content (AvgIpc) is 3.22. The molecule has 1 saturated heterocycles. The highest BCUT2D eigenvalue weighted by atomic mass is 32.2. The van der Waals surface area contributed by atoms with Crippen LogP contribution < -0.4 is 16.0 Å². The Morgan fingerprint density at radius 1 is 1.16 bits per heavy atom. The summed E-state index contributed by atoms with van der Waals surface area (Å²) in [5.74, 6) is 4.01. The molecule has 1 aliphatic rings. The number of amides is 1. The molecule has 3 aromatic rings. The van der Waals surface area contributed by atoms with Crippen molar-refractivity contribution >= 4 is 64.6 Å². The number of anilines is 3. The molecule has 4 rings (SSSR count). The molecule has 0 aliphatic carbocycles. The third kappa shape index (κ3) is 5.59. The van der Waals surface area contributed by atoms with Gasteiger partial charge < -0.3 is 16.0 Å². The third-order valence-corrected chi connectivity index (χ3v) is 8.46. The first-order chi connectivity index (χ1) is 15.7. The summed E-state index contributed by atoms with van der Waals surface area (Å²) in [6, 6.07) is 8.13. The maximum absolute atomic E-state index is 12.6. The fourth-order valence-corrected chi connectivity index (χ4v) is 6.77.